The van der Waals surface area contributed by atoms with Crippen molar-refractivity contribution in [3.8, 4) is 22.4 Å². The molecule has 8 rings (SSSR count). The molecule has 0 fully saturated rings. The van der Waals surface area contributed by atoms with Crippen molar-refractivity contribution >= 4 is 38.7 Å². The average Bonchev–Trinajstić information content (AvgIpc) is 3.39. The lowest BCUT2D eigenvalue weighted by atomic mass is 9.95. The molecule has 4 aromatic heterocycles. The number of para-hydroxylation sites is 2. The van der Waals surface area contributed by atoms with E-state index in [9.17, 15) is 0 Å². The number of pyridine rings is 3. The summed E-state index contributed by atoms with van der Waals surface area (Å²) in [5, 5.41) is 6.00. The quantitative estimate of drug-likeness (QED) is 0.251. The number of hydrogen-bond donors (Lipinski definition) is 1. The first-order valence-corrected chi connectivity index (χ1v) is 13.8. The topological polar surface area (TPSA) is 55.6 Å². The Morgan fingerprint density at radius 3 is 2.29 bits per heavy atom. The molecule has 0 spiro atoms. The summed E-state index contributed by atoms with van der Waals surface area (Å²) in [6.07, 6.45) is 10.1. The van der Waals surface area contributed by atoms with E-state index >= 15 is 0 Å². The molecule has 1 unspecified atom stereocenters. The minimum atomic E-state index is -0.0887. The molecule has 0 bridgehead atoms. The molecule has 0 aliphatic carbocycles. The molecule has 1 aliphatic heterocycles. The highest BCUT2D eigenvalue weighted by molar-refractivity contribution is 6.07. The summed E-state index contributed by atoms with van der Waals surface area (Å²) >= 11 is 0. The highest BCUT2D eigenvalue weighted by atomic mass is 15.2. The van der Waals surface area contributed by atoms with Crippen LogP contribution >= 0.6 is 0 Å². The normalized spacial score (nSPS) is 14.8. The summed E-state index contributed by atoms with van der Waals surface area (Å²) in [5.41, 5.74) is 9.36. The number of allylic oxidation sites excluding steroid dienone is 2. The maximum absolute atomic E-state index is 5.19. The van der Waals surface area contributed by atoms with Crippen molar-refractivity contribution in [1.29, 1.82) is 0 Å². The molecular formula is C36H25N5. The van der Waals surface area contributed by atoms with Crippen LogP contribution in [0.3, 0.4) is 0 Å². The van der Waals surface area contributed by atoms with Gasteiger partial charge in [-0.2, -0.15) is 0 Å². The van der Waals surface area contributed by atoms with Crippen LogP contribution in [0.25, 0.3) is 61.0 Å². The maximum atomic E-state index is 5.19. The number of hydrogen-bond acceptors (Lipinski definition) is 4. The van der Waals surface area contributed by atoms with Crippen molar-refractivity contribution in [1.82, 2.24) is 24.8 Å². The van der Waals surface area contributed by atoms with Crippen LogP contribution in [0.1, 0.15) is 11.7 Å². The van der Waals surface area contributed by atoms with Gasteiger partial charge in [-0.25, -0.2) is 0 Å². The molecular weight excluding hydrogens is 502 g/mol. The minimum Gasteiger partial charge on any atom is -0.359 e. The number of nitrogens with one attached hydrogen (secondary N) is 1. The van der Waals surface area contributed by atoms with Crippen LogP contribution in [-0.2, 0) is 0 Å². The van der Waals surface area contributed by atoms with E-state index in [1.807, 2.05) is 24.5 Å². The third kappa shape index (κ3) is 3.90. The van der Waals surface area contributed by atoms with E-state index in [4.69, 9.17) is 9.97 Å². The largest absolute Gasteiger partial charge is 0.359 e. The first kappa shape index (κ1) is 23.3. The Morgan fingerprint density at radius 1 is 0.610 bits per heavy atom. The fourth-order valence-corrected chi connectivity index (χ4v) is 5.91. The number of aromatic nitrogens is 4. The van der Waals surface area contributed by atoms with E-state index in [1.165, 1.54) is 0 Å². The second-order valence-corrected chi connectivity index (χ2v) is 10.2. The van der Waals surface area contributed by atoms with Gasteiger partial charge in [-0.05, 0) is 48.0 Å². The Kier molecular flexibility index (Phi) is 5.45. The standard InChI is InChI=1S/C36H25N5/c1-2-13-26(25(12-1)27-15-5-10-24-11-8-22-37-35(24)27)29-16-6-17-30(39-29)31-18-7-21-34(40-31)41-32-19-4-3-14-28(32)36-33(41)20-9-23-38-36/h1-23,31,40H. The maximum Gasteiger partial charge on any atom is 0.111 e. The predicted molar refractivity (Wildman–Crippen MR) is 167 cm³/mol. The lowest BCUT2D eigenvalue weighted by Gasteiger charge is -2.24. The monoisotopic (exact) mass is 527 g/mol. The molecule has 0 saturated heterocycles. The number of fused-ring (bicyclic) bond motifs is 4. The van der Waals surface area contributed by atoms with E-state index in [0.29, 0.717) is 0 Å². The molecule has 0 amide bonds. The van der Waals surface area contributed by atoms with E-state index in [1.54, 1.807) is 0 Å². The van der Waals surface area contributed by atoms with Gasteiger partial charge in [-0.15, -0.1) is 0 Å². The number of benzene rings is 3. The zero-order chi connectivity index (χ0) is 27.2. The molecule has 1 N–H and O–H groups in total. The van der Waals surface area contributed by atoms with Crippen LogP contribution in [-0.4, -0.2) is 19.5 Å². The molecule has 5 nitrogen and oxygen atoms in total. The molecule has 7 aromatic rings. The van der Waals surface area contributed by atoms with E-state index in [2.05, 4.69) is 130 Å². The molecule has 1 aliphatic rings. The van der Waals surface area contributed by atoms with Crippen molar-refractivity contribution in [3.63, 3.8) is 0 Å². The fraction of sp³-hybridized carbons (Fsp3) is 0.0278. The van der Waals surface area contributed by atoms with Gasteiger partial charge in [0.1, 0.15) is 5.82 Å². The molecule has 5 heterocycles. The zero-order valence-corrected chi connectivity index (χ0v) is 22.1. The first-order valence-electron chi connectivity index (χ1n) is 13.8. The molecule has 1 atom stereocenters. The van der Waals surface area contributed by atoms with Gasteiger partial charge in [0.2, 0.25) is 0 Å². The number of rotatable bonds is 4. The van der Waals surface area contributed by atoms with Crippen molar-refractivity contribution in [3.05, 3.63) is 146 Å². The Hall–Kier alpha value is -5.55. The van der Waals surface area contributed by atoms with Gasteiger partial charge in [-0.1, -0.05) is 84.9 Å². The van der Waals surface area contributed by atoms with Crippen LogP contribution in [0.2, 0.25) is 0 Å². The molecule has 5 heteroatoms. The van der Waals surface area contributed by atoms with Gasteiger partial charge in [0.15, 0.2) is 0 Å². The van der Waals surface area contributed by atoms with Crippen molar-refractivity contribution in [2.24, 2.45) is 0 Å². The van der Waals surface area contributed by atoms with Crippen LogP contribution in [0.5, 0.6) is 0 Å². The number of nitrogens with zero attached hydrogens (tertiary/aromatic N) is 4. The van der Waals surface area contributed by atoms with Gasteiger partial charge in [0, 0.05) is 34.3 Å². The van der Waals surface area contributed by atoms with Crippen LogP contribution in [0.15, 0.2) is 140 Å². The van der Waals surface area contributed by atoms with E-state index in [-0.39, 0.29) is 6.04 Å². The van der Waals surface area contributed by atoms with Gasteiger partial charge in [-0.3, -0.25) is 19.5 Å². The lowest BCUT2D eigenvalue weighted by molar-refractivity contribution is 0.714. The van der Waals surface area contributed by atoms with Gasteiger partial charge in [0.05, 0.1) is 39.5 Å². The molecule has 41 heavy (non-hydrogen) atoms. The Morgan fingerprint density at radius 2 is 1.34 bits per heavy atom. The smallest absolute Gasteiger partial charge is 0.111 e. The highest BCUT2D eigenvalue weighted by Gasteiger charge is 2.20. The minimum absolute atomic E-state index is 0.0887. The van der Waals surface area contributed by atoms with Crippen LogP contribution in [0.4, 0.5) is 0 Å². The Bertz CT molecular complexity index is 2090. The van der Waals surface area contributed by atoms with Crippen molar-refractivity contribution in [2.75, 3.05) is 0 Å². The Labute approximate surface area is 237 Å². The van der Waals surface area contributed by atoms with Gasteiger partial charge >= 0.3 is 0 Å². The summed E-state index contributed by atoms with van der Waals surface area (Å²) in [6.45, 7) is 0. The summed E-state index contributed by atoms with van der Waals surface area (Å²) in [5.74, 6) is 0.992. The van der Waals surface area contributed by atoms with Crippen LogP contribution < -0.4 is 5.32 Å². The summed E-state index contributed by atoms with van der Waals surface area (Å²) in [4.78, 5) is 14.6. The SMILES string of the molecule is C1=CC(c2cccc(-c3ccccc3-c3cccc4cccnc34)n2)NC(n2c3ccccc3c3ncccc32)=C1. The summed E-state index contributed by atoms with van der Waals surface area (Å²) < 4.78 is 2.25. The first-order chi connectivity index (χ1) is 20.3. The third-order valence-electron chi connectivity index (χ3n) is 7.74. The predicted octanol–water partition coefficient (Wildman–Crippen LogP) is 8.17. The second kappa shape index (κ2) is 9.57. The fourth-order valence-electron chi connectivity index (χ4n) is 5.91. The third-order valence-corrected chi connectivity index (χ3v) is 7.74. The molecule has 0 saturated carbocycles. The number of dihydropyridines is 1. The van der Waals surface area contributed by atoms with E-state index in [0.717, 1.165) is 66.7 Å². The Balaban J connectivity index is 1.19. The van der Waals surface area contributed by atoms with Crippen molar-refractivity contribution < 1.29 is 0 Å². The summed E-state index contributed by atoms with van der Waals surface area (Å²) in [6, 6.07) is 37.6. The van der Waals surface area contributed by atoms with Crippen LogP contribution in [0, 0.1) is 0 Å². The van der Waals surface area contributed by atoms with E-state index < -0.39 is 0 Å². The lowest BCUT2D eigenvalue weighted by Crippen LogP contribution is -2.24. The molecule has 0 radical (unpaired) electrons. The van der Waals surface area contributed by atoms with Crippen molar-refractivity contribution in [2.45, 2.75) is 6.04 Å². The zero-order valence-electron chi connectivity index (χ0n) is 22.1. The summed E-state index contributed by atoms with van der Waals surface area (Å²) in [7, 11) is 0. The molecule has 3 aromatic carbocycles. The van der Waals surface area contributed by atoms with Gasteiger partial charge < -0.3 is 5.32 Å². The second-order valence-electron chi connectivity index (χ2n) is 10.2. The average molecular weight is 528 g/mol. The molecule has 194 valence electrons. The highest BCUT2D eigenvalue weighted by Crippen LogP contribution is 2.36. The van der Waals surface area contributed by atoms with Gasteiger partial charge in [0.25, 0.3) is 0 Å².